The van der Waals surface area contributed by atoms with E-state index in [4.69, 9.17) is 0 Å². The topological polar surface area (TPSA) is 57.5 Å². The quantitative estimate of drug-likeness (QED) is 0.275. The maximum atomic E-state index is 4.35. The van der Waals surface area contributed by atoms with Crippen LogP contribution in [-0.4, -0.2) is 42.2 Å². The number of hydrogen-bond donors (Lipinski definition) is 2. The number of anilines is 1. The molecule has 0 amide bonds. The van der Waals surface area contributed by atoms with Crippen LogP contribution in [0.15, 0.2) is 48.0 Å². The molecule has 1 aromatic carbocycles. The van der Waals surface area contributed by atoms with Crippen molar-refractivity contribution in [1.82, 2.24) is 20.2 Å². The van der Waals surface area contributed by atoms with Gasteiger partial charge in [0, 0.05) is 51.3 Å². The smallest absolute Gasteiger partial charge is 0.191 e. The van der Waals surface area contributed by atoms with Crippen molar-refractivity contribution in [2.75, 3.05) is 31.6 Å². The predicted molar refractivity (Wildman–Crippen MR) is 123 cm³/mol. The normalized spacial score (nSPS) is 15.3. The van der Waals surface area contributed by atoms with E-state index in [0.29, 0.717) is 0 Å². The lowest BCUT2D eigenvalue weighted by Gasteiger charge is -2.22. The summed E-state index contributed by atoms with van der Waals surface area (Å²) in [4.78, 5) is 10.9. The van der Waals surface area contributed by atoms with Gasteiger partial charge in [-0.05, 0) is 43.9 Å². The lowest BCUT2D eigenvalue weighted by atomic mass is 10.1. The van der Waals surface area contributed by atoms with Crippen molar-refractivity contribution in [1.29, 1.82) is 0 Å². The van der Waals surface area contributed by atoms with Crippen molar-refractivity contribution < 1.29 is 0 Å². The molecule has 27 heavy (non-hydrogen) atoms. The van der Waals surface area contributed by atoms with E-state index in [0.717, 1.165) is 25.5 Å². The van der Waals surface area contributed by atoms with E-state index < -0.39 is 0 Å². The highest BCUT2D eigenvalue weighted by atomic mass is 127. The molecule has 0 bridgehead atoms. The van der Waals surface area contributed by atoms with Gasteiger partial charge in [0.15, 0.2) is 5.96 Å². The zero-order valence-corrected chi connectivity index (χ0v) is 18.6. The summed E-state index contributed by atoms with van der Waals surface area (Å²) in [5, 5.41) is 6.89. The highest BCUT2D eigenvalue weighted by Gasteiger charge is 2.14. The zero-order valence-electron chi connectivity index (χ0n) is 16.3. The van der Waals surface area contributed by atoms with Crippen molar-refractivity contribution in [2.45, 2.75) is 38.8 Å². The van der Waals surface area contributed by atoms with Crippen molar-refractivity contribution in [2.24, 2.45) is 4.99 Å². The lowest BCUT2D eigenvalue weighted by Crippen LogP contribution is -2.39. The van der Waals surface area contributed by atoms with Crippen LogP contribution in [0, 0.1) is 0 Å². The Morgan fingerprint density at radius 3 is 2.81 bits per heavy atom. The van der Waals surface area contributed by atoms with Gasteiger partial charge in [-0.3, -0.25) is 4.99 Å². The molecule has 1 aliphatic rings. The maximum Gasteiger partial charge on any atom is 0.191 e. The van der Waals surface area contributed by atoms with Gasteiger partial charge < -0.3 is 20.1 Å². The van der Waals surface area contributed by atoms with Crippen LogP contribution < -0.4 is 15.5 Å². The number of nitrogens with zero attached hydrogens (tertiary/aromatic N) is 4. The molecule has 1 aliphatic heterocycles. The summed E-state index contributed by atoms with van der Waals surface area (Å²) in [6, 6.07) is 9.06. The van der Waals surface area contributed by atoms with Crippen LogP contribution in [0.25, 0.3) is 0 Å². The van der Waals surface area contributed by atoms with Crippen LogP contribution in [0.4, 0.5) is 5.69 Å². The van der Waals surface area contributed by atoms with E-state index in [1.807, 2.05) is 25.8 Å². The Morgan fingerprint density at radius 1 is 1.30 bits per heavy atom. The van der Waals surface area contributed by atoms with Crippen molar-refractivity contribution >= 4 is 35.6 Å². The van der Waals surface area contributed by atoms with E-state index in [1.165, 1.54) is 37.2 Å². The molecule has 1 fully saturated rings. The molecule has 1 saturated heterocycles. The lowest BCUT2D eigenvalue weighted by molar-refractivity contribution is 0.616. The Hall–Kier alpha value is -1.77. The van der Waals surface area contributed by atoms with E-state index in [-0.39, 0.29) is 30.0 Å². The number of halogens is 1. The molecule has 2 N–H and O–H groups in total. The van der Waals surface area contributed by atoms with Gasteiger partial charge in [0.1, 0.15) is 0 Å². The Labute approximate surface area is 179 Å². The Kier molecular flexibility index (Phi) is 8.90. The summed E-state index contributed by atoms with van der Waals surface area (Å²) in [6.45, 7) is 6.36. The Balaban J connectivity index is 0.00000261. The number of aliphatic imine (C=N–C) groups is 1. The van der Waals surface area contributed by atoms with Gasteiger partial charge in [0.25, 0.3) is 0 Å². The number of hydrogen-bond acceptors (Lipinski definition) is 3. The summed E-state index contributed by atoms with van der Waals surface area (Å²) < 4.78 is 2.09. The molecule has 0 spiro atoms. The van der Waals surface area contributed by atoms with Gasteiger partial charge in [0.05, 0.1) is 12.4 Å². The van der Waals surface area contributed by atoms with Gasteiger partial charge in [-0.1, -0.05) is 12.1 Å². The Morgan fingerprint density at radius 2 is 2.11 bits per heavy atom. The van der Waals surface area contributed by atoms with Crippen LogP contribution in [0.2, 0.25) is 0 Å². The van der Waals surface area contributed by atoms with Crippen LogP contribution in [0.3, 0.4) is 0 Å². The zero-order chi connectivity index (χ0) is 18.2. The molecule has 1 unspecified atom stereocenters. The molecule has 3 rings (SSSR count). The molecular weight excluding hydrogens is 451 g/mol. The summed E-state index contributed by atoms with van der Waals surface area (Å²) in [5.74, 6) is 0.842. The highest BCUT2D eigenvalue weighted by molar-refractivity contribution is 14.0. The van der Waals surface area contributed by atoms with Gasteiger partial charge >= 0.3 is 0 Å². The second kappa shape index (κ2) is 11.2. The van der Waals surface area contributed by atoms with Gasteiger partial charge in [-0.25, -0.2) is 4.98 Å². The number of aryl methyl sites for hydroxylation is 1. The number of imidazole rings is 1. The van der Waals surface area contributed by atoms with E-state index in [9.17, 15) is 0 Å². The minimum absolute atomic E-state index is 0. The third-order valence-electron chi connectivity index (χ3n) is 4.86. The summed E-state index contributed by atoms with van der Waals surface area (Å²) >= 11 is 0. The minimum atomic E-state index is 0. The molecule has 2 aromatic rings. The molecule has 1 atom stereocenters. The molecule has 2 heterocycles. The SMILES string of the molecule is CN=C(NCCCn1ccnc1)NC(C)c1cccc(N2CCCC2)c1.I. The van der Waals surface area contributed by atoms with Gasteiger partial charge in [0.2, 0.25) is 0 Å². The molecule has 0 aliphatic carbocycles. The maximum absolute atomic E-state index is 4.35. The predicted octanol–water partition coefficient (Wildman–Crippen LogP) is 3.42. The number of rotatable bonds is 7. The summed E-state index contributed by atoms with van der Waals surface area (Å²) in [6.07, 6.45) is 9.27. The van der Waals surface area contributed by atoms with Gasteiger partial charge in [-0.15, -0.1) is 24.0 Å². The third kappa shape index (κ3) is 6.41. The van der Waals surface area contributed by atoms with E-state index in [2.05, 4.69) is 61.3 Å². The van der Waals surface area contributed by atoms with E-state index >= 15 is 0 Å². The van der Waals surface area contributed by atoms with Crippen LogP contribution in [0.1, 0.15) is 37.8 Å². The first-order valence-electron chi connectivity index (χ1n) is 9.54. The monoisotopic (exact) mass is 482 g/mol. The first-order chi connectivity index (χ1) is 12.8. The summed E-state index contributed by atoms with van der Waals surface area (Å²) in [7, 11) is 1.82. The average molecular weight is 482 g/mol. The highest BCUT2D eigenvalue weighted by Crippen LogP contribution is 2.23. The summed E-state index contributed by atoms with van der Waals surface area (Å²) in [5.41, 5.74) is 2.62. The first kappa shape index (κ1) is 21.5. The molecular formula is C20H31IN6. The third-order valence-corrected chi connectivity index (χ3v) is 4.86. The molecule has 1 aromatic heterocycles. The average Bonchev–Trinajstić information content (AvgIpc) is 3.38. The largest absolute Gasteiger partial charge is 0.372 e. The number of guanidine groups is 1. The van der Waals surface area contributed by atoms with Crippen LogP contribution in [-0.2, 0) is 6.54 Å². The van der Waals surface area contributed by atoms with Crippen LogP contribution in [0.5, 0.6) is 0 Å². The van der Waals surface area contributed by atoms with Crippen molar-refractivity contribution in [3.05, 3.63) is 48.5 Å². The molecule has 148 valence electrons. The number of nitrogens with one attached hydrogen (secondary N) is 2. The number of aromatic nitrogens is 2. The molecule has 0 saturated carbocycles. The van der Waals surface area contributed by atoms with E-state index in [1.54, 1.807) is 0 Å². The first-order valence-corrected chi connectivity index (χ1v) is 9.54. The molecule has 6 nitrogen and oxygen atoms in total. The molecule has 0 radical (unpaired) electrons. The fourth-order valence-corrected chi connectivity index (χ4v) is 3.34. The van der Waals surface area contributed by atoms with Crippen molar-refractivity contribution in [3.8, 4) is 0 Å². The van der Waals surface area contributed by atoms with Crippen molar-refractivity contribution in [3.63, 3.8) is 0 Å². The fourth-order valence-electron chi connectivity index (χ4n) is 3.34. The standard InChI is InChI=1S/C20H30N6.HI/c1-17(18-7-5-8-19(15-18)26-12-3-4-13-26)24-20(21-2)23-9-6-11-25-14-10-22-16-25;/h5,7-8,10,14-17H,3-4,6,9,11-13H2,1-2H3,(H2,21,23,24);1H. The Bertz CT molecular complexity index is 694. The number of benzene rings is 1. The molecule has 7 heteroatoms. The second-order valence-electron chi connectivity index (χ2n) is 6.81. The van der Waals surface area contributed by atoms with Gasteiger partial charge in [-0.2, -0.15) is 0 Å². The van der Waals surface area contributed by atoms with Crippen LogP contribution >= 0.6 is 24.0 Å². The fraction of sp³-hybridized carbons (Fsp3) is 0.500. The second-order valence-corrected chi connectivity index (χ2v) is 6.81. The minimum Gasteiger partial charge on any atom is -0.372 e.